The zero-order chi connectivity index (χ0) is 33.6. The number of ether oxygens (including phenoxy) is 2. The number of carbonyl (C=O) groups is 4. The van der Waals surface area contributed by atoms with Crippen LogP contribution in [0, 0.1) is 0 Å². The van der Waals surface area contributed by atoms with Crippen LogP contribution in [0.15, 0.2) is 60.7 Å². The predicted molar refractivity (Wildman–Crippen MR) is 176 cm³/mol. The standard InChI is InChI=1S/C32H37N4O9PS/c33-30(38)24(14-20-8-10-22-5-1-2-6-23(22)13-20)35-31(39)26-7-3-4-12-36(26)32(40)25(17-47-19-46(41,42)43)34-29(37)16-21-9-11-27-28(15-21)45-18-44-27/h1-2,5-6,8-11,13,15,24-26H,3-4,7,12,14,16-19H2,(H2,33,38)(H,34,37)(H,35,39)(H2,41,42,43). The van der Waals surface area contributed by atoms with Gasteiger partial charge >= 0.3 is 7.60 Å². The van der Waals surface area contributed by atoms with Crippen LogP contribution >= 0.6 is 19.4 Å². The third kappa shape index (κ3) is 9.25. The molecular formula is C32H37N4O9PS. The van der Waals surface area contributed by atoms with E-state index in [1.807, 2.05) is 42.5 Å². The lowest BCUT2D eigenvalue weighted by Gasteiger charge is -2.37. The molecule has 6 N–H and O–H groups in total. The van der Waals surface area contributed by atoms with E-state index in [9.17, 15) is 33.5 Å². The van der Waals surface area contributed by atoms with E-state index >= 15 is 0 Å². The molecule has 250 valence electrons. The normalized spacial score (nSPS) is 17.1. The van der Waals surface area contributed by atoms with Crippen LogP contribution in [0.3, 0.4) is 0 Å². The van der Waals surface area contributed by atoms with Crippen molar-refractivity contribution in [3.05, 3.63) is 71.8 Å². The summed E-state index contributed by atoms with van der Waals surface area (Å²) in [6, 6.07) is 15.4. The molecular weight excluding hydrogens is 647 g/mol. The van der Waals surface area contributed by atoms with Crippen molar-refractivity contribution in [1.29, 1.82) is 0 Å². The summed E-state index contributed by atoms with van der Waals surface area (Å²) in [4.78, 5) is 73.2. The lowest BCUT2D eigenvalue weighted by Crippen LogP contribution is -2.60. The Morgan fingerprint density at radius 2 is 1.68 bits per heavy atom. The second-order valence-corrected chi connectivity index (χ2v) is 14.6. The number of likely N-dealkylation sites (tertiary alicyclic amines) is 1. The van der Waals surface area contributed by atoms with E-state index < -0.39 is 54.8 Å². The van der Waals surface area contributed by atoms with Crippen molar-refractivity contribution in [1.82, 2.24) is 15.5 Å². The van der Waals surface area contributed by atoms with Gasteiger partial charge in [-0.05, 0) is 53.3 Å². The van der Waals surface area contributed by atoms with E-state index in [0.717, 1.165) is 28.1 Å². The van der Waals surface area contributed by atoms with Crippen molar-refractivity contribution in [2.75, 3.05) is 24.6 Å². The number of primary amides is 1. The summed E-state index contributed by atoms with van der Waals surface area (Å²) in [6.45, 7) is 0.299. The Balaban J connectivity index is 1.28. The molecule has 0 spiro atoms. The van der Waals surface area contributed by atoms with E-state index in [1.54, 1.807) is 18.2 Å². The summed E-state index contributed by atoms with van der Waals surface area (Å²) in [7, 11) is -4.39. The molecule has 0 saturated carbocycles. The van der Waals surface area contributed by atoms with Gasteiger partial charge in [0, 0.05) is 18.7 Å². The van der Waals surface area contributed by atoms with Crippen molar-refractivity contribution in [2.45, 2.75) is 50.2 Å². The van der Waals surface area contributed by atoms with Gasteiger partial charge in [0.25, 0.3) is 0 Å². The average Bonchev–Trinajstić information content (AvgIpc) is 3.51. The maximum Gasteiger partial charge on any atom is 0.335 e. The van der Waals surface area contributed by atoms with Gasteiger partial charge in [-0.1, -0.05) is 48.5 Å². The number of fused-ring (bicyclic) bond motifs is 2. The lowest BCUT2D eigenvalue weighted by atomic mass is 9.98. The number of nitrogens with zero attached hydrogens (tertiary/aromatic N) is 1. The molecule has 15 heteroatoms. The smallest absolute Gasteiger partial charge is 0.335 e. The molecule has 13 nitrogen and oxygen atoms in total. The number of hydrogen-bond donors (Lipinski definition) is 5. The Bertz CT molecular complexity index is 1700. The largest absolute Gasteiger partial charge is 0.454 e. The zero-order valence-electron chi connectivity index (χ0n) is 25.5. The van der Waals surface area contributed by atoms with Crippen LogP contribution in [0.2, 0.25) is 0 Å². The fraction of sp³-hybridized carbons (Fsp3) is 0.375. The molecule has 47 heavy (non-hydrogen) atoms. The number of nitrogens with two attached hydrogens (primary N) is 1. The second kappa shape index (κ2) is 15.2. The quantitative estimate of drug-likeness (QED) is 0.166. The maximum atomic E-state index is 13.9. The van der Waals surface area contributed by atoms with Crippen molar-refractivity contribution in [2.24, 2.45) is 5.73 Å². The minimum absolute atomic E-state index is 0.0760. The Labute approximate surface area is 275 Å². The minimum Gasteiger partial charge on any atom is -0.454 e. The number of piperidine rings is 1. The van der Waals surface area contributed by atoms with Gasteiger partial charge in [0.05, 0.1) is 11.9 Å². The highest BCUT2D eigenvalue weighted by Gasteiger charge is 2.37. The van der Waals surface area contributed by atoms with Gasteiger partial charge in [0.15, 0.2) is 11.5 Å². The number of rotatable bonds is 13. The number of nitrogens with one attached hydrogen (secondary N) is 2. The Morgan fingerprint density at radius 1 is 0.936 bits per heavy atom. The van der Waals surface area contributed by atoms with E-state index in [1.165, 1.54) is 4.90 Å². The molecule has 0 bridgehead atoms. The summed E-state index contributed by atoms with van der Waals surface area (Å²) >= 11 is 0.828. The van der Waals surface area contributed by atoms with Gasteiger partial charge < -0.3 is 40.5 Å². The van der Waals surface area contributed by atoms with Crippen LogP contribution in [0.5, 0.6) is 11.5 Å². The van der Waals surface area contributed by atoms with Crippen LogP contribution < -0.4 is 25.8 Å². The van der Waals surface area contributed by atoms with Gasteiger partial charge in [-0.2, -0.15) is 0 Å². The van der Waals surface area contributed by atoms with Crippen molar-refractivity contribution in [3.8, 4) is 11.5 Å². The third-order valence-electron chi connectivity index (χ3n) is 7.98. The first-order valence-corrected chi connectivity index (χ1v) is 18.1. The van der Waals surface area contributed by atoms with Crippen LogP contribution in [0.25, 0.3) is 10.8 Å². The SMILES string of the molecule is NC(=O)C(Cc1ccc2ccccc2c1)NC(=O)C1CCCCN1C(=O)C(CSCP(=O)(O)O)NC(=O)Cc1ccc2c(c1)OCO2. The number of benzene rings is 3. The first-order chi connectivity index (χ1) is 22.5. The monoisotopic (exact) mass is 684 g/mol. The van der Waals surface area contributed by atoms with Gasteiger partial charge in [-0.15, -0.1) is 11.8 Å². The highest BCUT2D eigenvalue weighted by molar-refractivity contribution is 8.04. The molecule has 2 aliphatic heterocycles. The van der Waals surface area contributed by atoms with E-state index in [2.05, 4.69) is 10.6 Å². The zero-order valence-corrected chi connectivity index (χ0v) is 27.2. The molecule has 0 aromatic heterocycles. The fourth-order valence-corrected chi connectivity index (χ4v) is 7.54. The van der Waals surface area contributed by atoms with E-state index in [0.29, 0.717) is 36.3 Å². The number of hydrogen-bond acceptors (Lipinski definition) is 8. The van der Waals surface area contributed by atoms with E-state index in [4.69, 9.17) is 15.2 Å². The van der Waals surface area contributed by atoms with Gasteiger partial charge in [-0.25, -0.2) is 0 Å². The van der Waals surface area contributed by atoms with E-state index in [-0.39, 0.29) is 31.9 Å². The summed E-state index contributed by atoms with van der Waals surface area (Å²) in [5.74, 6) is -1.40. The van der Waals surface area contributed by atoms with Crippen molar-refractivity contribution in [3.63, 3.8) is 0 Å². The predicted octanol–water partition coefficient (Wildman–Crippen LogP) is 2.06. The third-order valence-corrected chi connectivity index (χ3v) is 10.6. The van der Waals surface area contributed by atoms with Crippen LogP contribution in [0.1, 0.15) is 30.4 Å². The van der Waals surface area contributed by atoms with Gasteiger partial charge in [0.2, 0.25) is 30.4 Å². The van der Waals surface area contributed by atoms with Crippen LogP contribution in [-0.2, 0) is 36.6 Å². The lowest BCUT2D eigenvalue weighted by molar-refractivity contribution is -0.145. The van der Waals surface area contributed by atoms with Crippen LogP contribution in [-0.4, -0.2) is 81.0 Å². The molecule has 1 fully saturated rings. The molecule has 4 amide bonds. The summed E-state index contributed by atoms with van der Waals surface area (Å²) in [6.07, 6.45) is 1.65. The summed E-state index contributed by atoms with van der Waals surface area (Å²) in [5, 5.41) is 7.45. The first kappa shape index (κ1) is 34.2. The summed E-state index contributed by atoms with van der Waals surface area (Å²) < 4.78 is 22.2. The van der Waals surface area contributed by atoms with Crippen LogP contribution in [0.4, 0.5) is 0 Å². The molecule has 0 aliphatic carbocycles. The molecule has 3 unspecified atom stereocenters. The summed E-state index contributed by atoms with van der Waals surface area (Å²) in [5.41, 5.74) is 6.56. The highest BCUT2D eigenvalue weighted by atomic mass is 32.2. The topological polar surface area (TPSA) is 198 Å². The second-order valence-electron chi connectivity index (χ2n) is 11.5. The molecule has 2 heterocycles. The Morgan fingerprint density at radius 3 is 2.45 bits per heavy atom. The fourth-order valence-electron chi connectivity index (χ4n) is 5.71. The minimum atomic E-state index is -4.39. The van der Waals surface area contributed by atoms with Crippen molar-refractivity contribution < 1.29 is 43.0 Å². The van der Waals surface area contributed by atoms with Gasteiger partial charge in [0.1, 0.15) is 18.1 Å². The molecule has 0 radical (unpaired) electrons. The molecule has 3 atom stereocenters. The molecule has 1 saturated heterocycles. The van der Waals surface area contributed by atoms with Crippen molar-refractivity contribution >= 4 is 53.8 Å². The maximum absolute atomic E-state index is 13.9. The van der Waals surface area contributed by atoms with Gasteiger partial charge in [-0.3, -0.25) is 23.7 Å². The Kier molecular flexibility index (Phi) is 11.1. The molecule has 3 aromatic rings. The molecule has 2 aliphatic rings. The average molecular weight is 685 g/mol. The number of thioether (sulfide) groups is 1. The first-order valence-electron chi connectivity index (χ1n) is 15.1. The molecule has 3 aromatic carbocycles. The number of amides is 4. The molecule has 5 rings (SSSR count). The highest BCUT2D eigenvalue weighted by Crippen LogP contribution is 2.39. The number of carbonyl (C=O) groups excluding carboxylic acids is 4. The Hall–Kier alpha value is -4.10.